The zero-order chi connectivity index (χ0) is 19.1. The van der Waals surface area contributed by atoms with E-state index in [4.69, 9.17) is 0 Å². The van der Waals surface area contributed by atoms with E-state index < -0.39 is 17.2 Å². The van der Waals surface area contributed by atoms with Crippen LogP contribution in [0, 0.1) is 6.92 Å². The summed E-state index contributed by atoms with van der Waals surface area (Å²) in [6.45, 7) is 2.41. The van der Waals surface area contributed by atoms with Gasteiger partial charge in [0.05, 0.1) is 5.69 Å². The van der Waals surface area contributed by atoms with Crippen molar-refractivity contribution in [2.75, 3.05) is 11.4 Å². The number of fused-ring (bicyclic) bond motifs is 1. The molecule has 1 amide bonds. The van der Waals surface area contributed by atoms with Crippen molar-refractivity contribution in [3.8, 4) is 5.69 Å². The van der Waals surface area contributed by atoms with Crippen molar-refractivity contribution in [3.63, 3.8) is 0 Å². The number of anilines is 1. The number of rotatable bonds is 2. The molecule has 0 saturated carbocycles. The fourth-order valence-electron chi connectivity index (χ4n) is 3.24. The molecular weight excluding hydrogens is 344 g/mol. The SMILES string of the molecule is Cc1ccc(-n2nc(C(=O)N3CCc4ccccc43)c(=O)n(C)c2=O)cc1. The molecule has 4 rings (SSSR count). The van der Waals surface area contributed by atoms with E-state index in [-0.39, 0.29) is 5.69 Å². The van der Waals surface area contributed by atoms with Gasteiger partial charge in [-0.3, -0.25) is 14.2 Å². The van der Waals surface area contributed by atoms with Crippen molar-refractivity contribution in [2.24, 2.45) is 7.05 Å². The quantitative estimate of drug-likeness (QED) is 0.691. The van der Waals surface area contributed by atoms with Gasteiger partial charge < -0.3 is 4.90 Å². The molecule has 27 heavy (non-hydrogen) atoms. The molecule has 1 aliphatic rings. The largest absolute Gasteiger partial charge is 0.351 e. The number of benzene rings is 2. The van der Waals surface area contributed by atoms with Crippen molar-refractivity contribution in [1.29, 1.82) is 0 Å². The number of para-hydroxylation sites is 1. The van der Waals surface area contributed by atoms with Crippen LogP contribution in [0.2, 0.25) is 0 Å². The van der Waals surface area contributed by atoms with Gasteiger partial charge in [-0.2, -0.15) is 9.78 Å². The van der Waals surface area contributed by atoms with E-state index in [2.05, 4.69) is 5.10 Å². The Morgan fingerprint density at radius 2 is 1.74 bits per heavy atom. The topological polar surface area (TPSA) is 77.2 Å². The molecule has 1 aliphatic heterocycles. The van der Waals surface area contributed by atoms with E-state index >= 15 is 0 Å². The summed E-state index contributed by atoms with van der Waals surface area (Å²) in [6, 6.07) is 14.7. The molecule has 0 radical (unpaired) electrons. The number of carbonyl (C=O) groups excluding carboxylic acids is 1. The molecule has 7 nitrogen and oxygen atoms in total. The molecule has 7 heteroatoms. The van der Waals surface area contributed by atoms with E-state index in [1.807, 2.05) is 43.3 Å². The first kappa shape index (κ1) is 17.0. The lowest BCUT2D eigenvalue weighted by Gasteiger charge is -2.17. The average Bonchev–Trinajstić information content (AvgIpc) is 3.11. The van der Waals surface area contributed by atoms with Crippen LogP contribution in [-0.2, 0) is 13.5 Å². The third-order valence-corrected chi connectivity index (χ3v) is 4.79. The normalized spacial score (nSPS) is 12.9. The maximum absolute atomic E-state index is 13.1. The lowest BCUT2D eigenvalue weighted by atomic mass is 10.2. The van der Waals surface area contributed by atoms with Crippen LogP contribution < -0.4 is 16.1 Å². The van der Waals surface area contributed by atoms with E-state index in [1.54, 1.807) is 17.0 Å². The van der Waals surface area contributed by atoms with Crippen molar-refractivity contribution in [1.82, 2.24) is 14.3 Å². The highest BCUT2D eigenvalue weighted by Gasteiger charge is 2.29. The Morgan fingerprint density at radius 3 is 2.48 bits per heavy atom. The Kier molecular flexibility index (Phi) is 3.99. The van der Waals surface area contributed by atoms with Crippen LogP contribution in [0.1, 0.15) is 21.6 Å². The monoisotopic (exact) mass is 362 g/mol. The minimum absolute atomic E-state index is 0.269. The smallest absolute Gasteiger partial charge is 0.306 e. The van der Waals surface area contributed by atoms with Crippen LogP contribution in [0.5, 0.6) is 0 Å². The maximum Gasteiger partial charge on any atom is 0.351 e. The van der Waals surface area contributed by atoms with Gasteiger partial charge >= 0.3 is 5.69 Å². The first-order chi connectivity index (χ1) is 13.0. The molecule has 0 spiro atoms. The van der Waals surface area contributed by atoms with Gasteiger partial charge in [0.2, 0.25) is 5.69 Å². The van der Waals surface area contributed by atoms with Crippen molar-refractivity contribution >= 4 is 11.6 Å². The van der Waals surface area contributed by atoms with Gasteiger partial charge in [0, 0.05) is 19.3 Å². The summed E-state index contributed by atoms with van der Waals surface area (Å²) in [5.41, 5.74) is 1.79. The van der Waals surface area contributed by atoms with E-state index in [1.165, 1.54) is 7.05 Å². The van der Waals surface area contributed by atoms with Crippen LogP contribution in [-0.4, -0.2) is 26.8 Å². The van der Waals surface area contributed by atoms with Crippen LogP contribution in [0.25, 0.3) is 5.69 Å². The number of hydrogen-bond acceptors (Lipinski definition) is 4. The lowest BCUT2D eigenvalue weighted by Crippen LogP contribution is -2.45. The molecule has 0 aliphatic carbocycles. The van der Waals surface area contributed by atoms with Crippen molar-refractivity contribution in [2.45, 2.75) is 13.3 Å². The average molecular weight is 362 g/mol. The fourth-order valence-corrected chi connectivity index (χ4v) is 3.24. The maximum atomic E-state index is 13.1. The molecule has 2 heterocycles. The standard InChI is InChI=1S/C20H18N4O3/c1-13-7-9-15(10-8-13)24-20(27)22(2)18(25)17(21-24)19(26)23-12-11-14-5-3-4-6-16(14)23/h3-10H,11-12H2,1-2H3. The summed E-state index contributed by atoms with van der Waals surface area (Å²) >= 11 is 0. The van der Waals surface area contributed by atoms with Gasteiger partial charge in [-0.25, -0.2) is 4.79 Å². The summed E-state index contributed by atoms with van der Waals surface area (Å²) in [7, 11) is 1.35. The van der Waals surface area contributed by atoms with Crippen LogP contribution in [0.3, 0.4) is 0 Å². The predicted molar refractivity (Wildman–Crippen MR) is 102 cm³/mol. The fraction of sp³-hybridized carbons (Fsp3) is 0.200. The third kappa shape index (κ3) is 2.77. The summed E-state index contributed by atoms with van der Waals surface area (Å²) in [4.78, 5) is 39.7. The molecule has 0 saturated heterocycles. The molecular formula is C20H18N4O3. The summed E-state index contributed by atoms with van der Waals surface area (Å²) in [5, 5.41) is 4.13. The van der Waals surface area contributed by atoms with Crippen molar-refractivity contribution in [3.05, 3.63) is 86.2 Å². The van der Waals surface area contributed by atoms with Gasteiger partial charge in [0.1, 0.15) is 0 Å². The highest BCUT2D eigenvalue weighted by Crippen LogP contribution is 2.28. The highest BCUT2D eigenvalue weighted by molar-refractivity contribution is 6.05. The Bertz CT molecular complexity index is 1160. The number of hydrogen-bond donors (Lipinski definition) is 0. The molecule has 3 aromatic rings. The van der Waals surface area contributed by atoms with Crippen LogP contribution >= 0.6 is 0 Å². The summed E-state index contributed by atoms with van der Waals surface area (Å²) < 4.78 is 2.01. The van der Waals surface area contributed by atoms with E-state index in [0.29, 0.717) is 12.2 Å². The van der Waals surface area contributed by atoms with Crippen LogP contribution in [0.15, 0.2) is 58.1 Å². The highest BCUT2D eigenvalue weighted by atomic mass is 16.2. The minimum atomic E-state index is -0.697. The first-order valence-electron chi connectivity index (χ1n) is 8.64. The van der Waals surface area contributed by atoms with Gasteiger partial charge in [0.25, 0.3) is 11.5 Å². The zero-order valence-corrected chi connectivity index (χ0v) is 15.0. The minimum Gasteiger partial charge on any atom is -0.306 e. The summed E-state index contributed by atoms with van der Waals surface area (Å²) in [6.07, 6.45) is 0.722. The Balaban J connectivity index is 1.84. The Hall–Kier alpha value is -3.48. The van der Waals surface area contributed by atoms with Gasteiger partial charge in [-0.05, 0) is 37.1 Å². The number of carbonyl (C=O) groups is 1. The molecule has 0 unspecified atom stereocenters. The number of aromatic nitrogens is 3. The predicted octanol–water partition coefficient (Wildman–Crippen LogP) is 1.44. The second kappa shape index (κ2) is 6.35. The molecule has 1 aromatic heterocycles. The number of amides is 1. The lowest BCUT2D eigenvalue weighted by molar-refractivity contribution is 0.0980. The van der Waals surface area contributed by atoms with Gasteiger partial charge in [0.15, 0.2) is 0 Å². The van der Waals surface area contributed by atoms with E-state index in [0.717, 1.165) is 32.5 Å². The summed E-state index contributed by atoms with van der Waals surface area (Å²) in [5.74, 6) is -0.499. The third-order valence-electron chi connectivity index (χ3n) is 4.79. The van der Waals surface area contributed by atoms with E-state index in [9.17, 15) is 14.4 Å². The number of nitrogens with zero attached hydrogens (tertiary/aromatic N) is 4. The van der Waals surface area contributed by atoms with Crippen molar-refractivity contribution < 1.29 is 4.79 Å². The molecule has 136 valence electrons. The van der Waals surface area contributed by atoms with Gasteiger partial charge in [-0.15, -0.1) is 0 Å². The molecule has 0 bridgehead atoms. The Morgan fingerprint density at radius 1 is 1.04 bits per heavy atom. The number of aryl methyl sites for hydroxylation is 1. The molecule has 0 N–H and O–H groups in total. The molecule has 0 fully saturated rings. The first-order valence-corrected chi connectivity index (χ1v) is 8.64. The second-order valence-corrected chi connectivity index (χ2v) is 6.58. The molecule has 2 aromatic carbocycles. The molecule has 0 atom stereocenters. The van der Waals surface area contributed by atoms with Crippen LogP contribution in [0.4, 0.5) is 5.69 Å². The Labute approximate surface area is 155 Å². The van der Waals surface area contributed by atoms with Gasteiger partial charge in [-0.1, -0.05) is 35.9 Å². The zero-order valence-electron chi connectivity index (χ0n) is 15.0. The second-order valence-electron chi connectivity index (χ2n) is 6.58.